The van der Waals surface area contributed by atoms with Gasteiger partial charge in [0.25, 0.3) is 5.91 Å². The Labute approximate surface area is 295 Å². The van der Waals surface area contributed by atoms with E-state index in [4.69, 9.17) is 21.1 Å². The van der Waals surface area contributed by atoms with Crippen LogP contribution < -0.4 is 15.5 Å². The van der Waals surface area contributed by atoms with Crippen molar-refractivity contribution in [1.29, 1.82) is 0 Å². The molecule has 1 aliphatic heterocycles. The van der Waals surface area contributed by atoms with Gasteiger partial charge < -0.3 is 19.7 Å². The minimum Gasteiger partial charge on any atom is -0.458 e. The highest BCUT2D eigenvalue weighted by Crippen LogP contribution is 2.36. The van der Waals surface area contributed by atoms with Gasteiger partial charge in [-0.25, -0.2) is 9.59 Å². The number of halogens is 4. The van der Waals surface area contributed by atoms with Crippen molar-refractivity contribution < 1.29 is 41.8 Å². The molecule has 0 saturated carbocycles. The fourth-order valence-electron chi connectivity index (χ4n) is 5.05. The van der Waals surface area contributed by atoms with Crippen LogP contribution in [0.3, 0.4) is 0 Å². The van der Waals surface area contributed by atoms with Gasteiger partial charge in [0.1, 0.15) is 19.8 Å². The number of anilines is 2. The number of carbonyl (C=O) groups excluding carboxylic acids is 4. The monoisotopic (exact) mass is 718 g/mol. The molecule has 3 amide bonds. The van der Waals surface area contributed by atoms with Gasteiger partial charge in [-0.2, -0.15) is 13.2 Å². The summed E-state index contributed by atoms with van der Waals surface area (Å²) in [5.74, 6) is -1.89. The average Bonchev–Trinajstić information content (AvgIpc) is 3.23. The van der Waals surface area contributed by atoms with Gasteiger partial charge in [-0.3, -0.25) is 19.9 Å². The molecule has 0 bridgehead atoms. The lowest BCUT2D eigenvalue weighted by molar-refractivity contribution is -0.139. The fraction of sp³-hybridized carbons (Fsp3) is 0.162. The number of rotatable bonds is 11. The minimum atomic E-state index is -4.83. The lowest BCUT2D eigenvalue weighted by Gasteiger charge is -2.24. The first kappa shape index (κ1) is 36.3. The van der Waals surface area contributed by atoms with Gasteiger partial charge in [-0.15, -0.1) is 0 Å². The van der Waals surface area contributed by atoms with Crippen molar-refractivity contribution >= 4 is 52.6 Å². The largest absolute Gasteiger partial charge is 0.458 e. The molecule has 5 rings (SSSR count). The third-order valence-electron chi connectivity index (χ3n) is 7.43. The molecular formula is C37H30ClF3N4O6. The van der Waals surface area contributed by atoms with E-state index in [0.717, 1.165) is 11.6 Å². The Hall–Kier alpha value is -5.95. The molecule has 1 aliphatic rings. The number of amides is 3. The molecular weight excluding hydrogens is 689 g/mol. The Bertz CT molecular complexity index is 1950. The summed E-state index contributed by atoms with van der Waals surface area (Å²) in [7, 11) is 0. The predicted octanol–water partition coefficient (Wildman–Crippen LogP) is 6.58. The summed E-state index contributed by atoms with van der Waals surface area (Å²) in [6.07, 6.45) is -3.52. The smallest absolute Gasteiger partial charge is 0.418 e. The number of nitrogens with one attached hydrogen (secondary N) is 2. The molecule has 51 heavy (non-hydrogen) atoms. The zero-order valence-corrected chi connectivity index (χ0v) is 27.5. The molecule has 4 aromatic rings. The van der Waals surface area contributed by atoms with E-state index in [1.54, 1.807) is 54.6 Å². The Morgan fingerprint density at radius 3 is 2.31 bits per heavy atom. The van der Waals surface area contributed by atoms with Crippen molar-refractivity contribution in [2.75, 3.05) is 29.9 Å². The maximum atomic E-state index is 14.0. The molecule has 0 radical (unpaired) electrons. The van der Waals surface area contributed by atoms with Crippen LogP contribution in [0.25, 0.3) is 0 Å². The first-order valence-electron chi connectivity index (χ1n) is 15.5. The topological polar surface area (TPSA) is 126 Å². The molecule has 0 aromatic heterocycles. The van der Waals surface area contributed by atoms with E-state index in [0.29, 0.717) is 28.6 Å². The molecule has 0 unspecified atom stereocenters. The number of alkyl halides is 3. The maximum absolute atomic E-state index is 14.0. The highest BCUT2D eigenvalue weighted by atomic mass is 35.5. The summed E-state index contributed by atoms with van der Waals surface area (Å²) >= 11 is 5.73. The van der Waals surface area contributed by atoms with E-state index in [2.05, 4.69) is 15.6 Å². The van der Waals surface area contributed by atoms with E-state index in [9.17, 15) is 32.3 Å². The highest BCUT2D eigenvalue weighted by molar-refractivity contribution is 6.30. The van der Waals surface area contributed by atoms with Crippen LogP contribution in [0, 0.1) is 0 Å². The third kappa shape index (κ3) is 9.82. The first-order chi connectivity index (χ1) is 24.5. The van der Waals surface area contributed by atoms with Crippen LogP contribution >= 0.6 is 11.6 Å². The Kier molecular flexibility index (Phi) is 11.9. The quantitative estimate of drug-likeness (QED) is 0.133. The summed E-state index contributed by atoms with van der Waals surface area (Å²) < 4.78 is 51.2. The zero-order valence-electron chi connectivity index (χ0n) is 26.7. The van der Waals surface area contributed by atoms with Crippen LogP contribution in [-0.2, 0) is 36.6 Å². The summed E-state index contributed by atoms with van der Waals surface area (Å²) in [6.45, 7) is -1.10. The molecule has 10 nitrogen and oxygen atoms in total. The van der Waals surface area contributed by atoms with E-state index < -0.39 is 60.5 Å². The molecule has 2 N–H and O–H groups in total. The maximum Gasteiger partial charge on any atom is 0.418 e. The van der Waals surface area contributed by atoms with Gasteiger partial charge >= 0.3 is 18.2 Å². The number of fused-ring (bicyclic) bond motifs is 1. The van der Waals surface area contributed by atoms with Crippen LogP contribution in [0.2, 0.25) is 5.02 Å². The van der Waals surface area contributed by atoms with Gasteiger partial charge in [0.15, 0.2) is 6.04 Å². The molecule has 0 spiro atoms. The summed E-state index contributed by atoms with van der Waals surface area (Å²) in [5.41, 5.74) is 0.882. The number of para-hydroxylation sites is 1. The first-order valence-corrected chi connectivity index (χ1v) is 15.9. The Morgan fingerprint density at radius 2 is 1.59 bits per heavy atom. The van der Waals surface area contributed by atoms with Crippen LogP contribution in [0.15, 0.2) is 120 Å². The number of aliphatic imine (C=N–C) groups is 1. The number of esters is 1. The van der Waals surface area contributed by atoms with Crippen molar-refractivity contribution in [2.45, 2.75) is 18.8 Å². The van der Waals surface area contributed by atoms with Gasteiger partial charge in [0, 0.05) is 28.8 Å². The van der Waals surface area contributed by atoms with Gasteiger partial charge in [-0.1, -0.05) is 96.5 Å². The zero-order chi connectivity index (χ0) is 36.4. The normalized spacial score (nSPS) is 14.3. The summed E-state index contributed by atoms with van der Waals surface area (Å²) in [6, 6.07) is 26.2. The number of carbonyl (C=O) groups is 4. The standard InChI is InChI=1S/C37H30ClF3N4O6/c38-26-17-18-29(28(20-26)37(39,40)41)44-36(49)51-23-30-35(48)45(31-15-8-7-14-27(31)34(43-30)25-12-5-2-6-13-25)21-32(46)42-19-9-16-33(47)50-22-24-10-3-1-4-11-24/h1-18,20,30H,19,21-23H2,(H,42,46)(H,44,49)/b16-9+/t30-/m1/s1. The average molecular weight is 719 g/mol. The van der Waals surface area contributed by atoms with Crippen molar-refractivity contribution in [1.82, 2.24) is 5.32 Å². The second kappa shape index (κ2) is 16.6. The lowest BCUT2D eigenvalue weighted by atomic mass is 10.0. The summed E-state index contributed by atoms with van der Waals surface area (Å²) in [4.78, 5) is 57.8. The molecule has 1 heterocycles. The fourth-order valence-corrected chi connectivity index (χ4v) is 5.22. The van der Waals surface area contributed by atoms with Crippen LogP contribution in [-0.4, -0.2) is 55.3 Å². The Morgan fingerprint density at radius 1 is 0.902 bits per heavy atom. The molecule has 14 heteroatoms. The highest BCUT2D eigenvalue weighted by Gasteiger charge is 2.36. The van der Waals surface area contributed by atoms with Crippen LogP contribution in [0.4, 0.5) is 29.3 Å². The summed E-state index contributed by atoms with van der Waals surface area (Å²) in [5, 5.41) is 4.49. The lowest BCUT2D eigenvalue weighted by Crippen LogP contribution is -2.46. The van der Waals surface area contributed by atoms with E-state index in [1.165, 1.54) is 23.1 Å². The molecule has 0 saturated heterocycles. The second-order valence-corrected chi connectivity index (χ2v) is 11.4. The number of hydrogen-bond donors (Lipinski definition) is 2. The number of benzodiazepines with no additional fused rings is 1. The molecule has 0 aliphatic carbocycles. The number of nitrogens with zero attached hydrogens (tertiary/aromatic N) is 2. The van der Waals surface area contributed by atoms with Gasteiger partial charge in [0.05, 0.1) is 22.6 Å². The third-order valence-corrected chi connectivity index (χ3v) is 7.66. The van der Waals surface area contributed by atoms with E-state index in [1.807, 2.05) is 30.3 Å². The minimum absolute atomic E-state index is 0.0496. The van der Waals surface area contributed by atoms with Crippen molar-refractivity contribution in [2.24, 2.45) is 4.99 Å². The van der Waals surface area contributed by atoms with Crippen molar-refractivity contribution in [3.8, 4) is 0 Å². The van der Waals surface area contributed by atoms with Crippen LogP contribution in [0.1, 0.15) is 22.3 Å². The van der Waals surface area contributed by atoms with Crippen LogP contribution in [0.5, 0.6) is 0 Å². The SMILES string of the molecule is O=C(CN1C(=O)[C@@H](COC(=O)Nc2ccc(Cl)cc2C(F)(F)F)N=C(c2ccccc2)c2ccccc21)NC/C=C/C(=O)OCc1ccccc1. The molecule has 4 aromatic carbocycles. The second-order valence-electron chi connectivity index (χ2n) is 11.0. The Balaban J connectivity index is 1.31. The van der Waals surface area contributed by atoms with Gasteiger partial charge in [-0.05, 0) is 29.8 Å². The van der Waals surface area contributed by atoms with Gasteiger partial charge in [0.2, 0.25) is 5.91 Å². The number of hydrogen-bond acceptors (Lipinski definition) is 7. The number of ether oxygens (including phenoxy) is 2. The van der Waals surface area contributed by atoms with Crippen molar-refractivity contribution in [3.63, 3.8) is 0 Å². The molecule has 1 atom stereocenters. The van der Waals surface area contributed by atoms with Crippen molar-refractivity contribution in [3.05, 3.63) is 143 Å². The molecule has 262 valence electrons. The van der Waals surface area contributed by atoms with E-state index in [-0.39, 0.29) is 18.2 Å². The molecule has 0 fully saturated rings. The predicted molar refractivity (Wildman–Crippen MR) is 184 cm³/mol. The van der Waals surface area contributed by atoms with E-state index >= 15 is 0 Å². The number of benzene rings is 4.